The number of rotatable bonds is 19. The smallest absolute Gasteiger partial charge is 0.407 e. The fraction of sp³-hybridized carbons (Fsp3) is 0.837. The van der Waals surface area contributed by atoms with Crippen LogP contribution < -0.4 is 38.1 Å². The zero-order chi connectivity index (χ0) is 47.9. The highest BCUT2D eigenvalue weighted by Gasteiger charge is 2.39. The molecule has 0 aromatic carbocycles. The number of nitrogens with two attached hydrogens (primary N) is 2. The highest BCUT2D eigenvalue weighted by molar-refractivity contribution is 9.09. The van der Waals surface area contributed by atoms with Crippen LogP contribution in [0.3, 0.4) is 0 Å². The molecule has 0 unspecified atom stereocenters. The maximum atomic E-state index is 11.8. The molecule has 364 valence electrons. The first-order valence-corrected chi connectivity index (χ1v) is 23.2. The van der Waals surface area contributed by atoms with Crippen molar-refractivity contribution in [2.24, 2.45) is 27.7 Å². The molecule has 3 aliphatic rings. The van der Waals surface area contributed by atoms with Crippen molar-refractivity contribution in [2.45, 2.75) is 161 Å². The Bertz CT molecular complexity index is 1460. The summed E-state index contributed by atoms with van der Waals surface area (Å²) in [6.07, 6.45) is 7.76. The molecule has 3 rings (SSSR count). The van der Waals surface area contributed by atoms with E-state index in [9.17, 15) is 38.7 Å². The maximum absolute atomic E-state index is 11.8. The number of alkyl carbamates (subject to hydrolysis) is 2. The summed E-state index contributed by atoms with van der Waals surface area (Å²) in [6, 6.07) is 0.770. The van der Waals surface area contributed by atoms with Crippen molar-refractivity contribution < 1.29 is 58.4 Å². The number of ketones is 1. The number of carbonyl (C=O) groups is 7. The third-order valence-electron chi connectivity index (χ3n) is 11.6. The summed E-state index contributed by atoms with van der Waals surface area (Å²) in [7, 11) is 0. The van der Waals surface area contributed by atoms with Gasteiger partial charge < -0.3 is 62.8 Å². The molecular formula is C43H78BrN7O12. The van der Waals surface area contributed by atoms with Crippen molar-refractivity contribution in [1.82, 2.24) is 26.6 Å². The minimum atomic E-state index is -0.912. The van der Waals surface area contributed by atoms with E-state index in [2.05, 4.69) is 42.5 Å². The SMILES string of the molecule is CC(C)(C)OC(=O)NCC1(CC(=O)O)CCC(=O)CC1.CC(C)(C)OC(=O)NCC1(CC(=O)O)CCC(NCCN)CC1.NCC1(CC(=O)O)CCC(NCCNC(=O)CBr)CC1. The van der Waals surface area contributed by atoms with Crippen LogP contribution >= 0.6 is 15.9 Å². The number of carboxylic acids is 3. The Labute approximate surface area is 381 Å². The molecule has 3 fully saturated rings. The normalized spacial score (nSPS) is 23.3. The summed E-state index contributed by atoms with van der Waals surface area (Å²) in [5.41, 5.74) is 8.94. The number of amides is 3. The lowest BCUT2D eigenvalue weighted by atomic mass is 9.70. The van der Waals surface area contributed by atoms with Crippen LogP contribution in [0.5, 0.6) is 0 Å². The average molecular weight is 965 g/mol. The highest BCUT2D eigenvalue weighted by atomic mass is 79.9. The van der Waals surface area contributed by atoms with Crippen molar-refractivity contribution in [3.05, 3.63) is 0 Å². The molecular weight excluding hydrogens is 886 g/mol. The first kappa shape index (κ1) is 57.4. The standard InChI is InChI=1S/C16H31N3O4.C14H23NO5.C13H24BrN3O3/c1-15(2,3)23-14(22)19-11-16(10-13(20)21)6-4-12(5-7-16)18-9-8-17;1-13(2,3)20-12(19)15-9-14(8-11(17)18)6-4-10(16)5-7-14;14-8-11(18)17-6-5-16-10-1-3-13(9-15,4-2-10)7-12(19)20/h12,18H,4-11,17H2,1-3H3,(H,19,22)(H,20,21);4-9H2,1-3H3,(H,15,19)(H,17,18);10,16H,1-9,15H2,(H,17,18)(H,19,20). The lowest BCUT2D eigenvalue weighted by Crippen LogP contribution is -2.46. The number of halogens is 1. The third kappa shape index (κ3) is 25.5. The van der Waals surface area contributed by atoms with Crippen LogP contribution in [0.25, 0.3) is 0 Å². The molecule has 0 saturated heterocycles. The predicted molar refractivity (Wildman–Crippen MR) is 241 cm³/mol. The van der Waals surface area contributed by atoms with E-state index in [0.29, 0.717) is 69.3 Å². The summed E-state index contributed by atoms with van der Waals surface area (Å²) >= 11 is 3.09. The van der Waals surface area contributed by atoms with Gasteiger partial charge in [0.15, 0.2) is 0 Å². The number of nitrogens with one attached hydrogen (secondary N) is 5. The van der Waals surface area contributed by atoms with Gasteiger partial charge in [0.2, 0.25) is 5.91 Å². The van der Waals surface area contributed by atoms with Crippen LogP contribution in [0.1, 0.15) is 138 Å². The van der Waals surface area contributed by atoms with Crippen LogP contribution in [0.4, 0.5) is 9.59 Å². The first-order valence-electron chi connectivity index (χ1n) is 22.1. The van der Waals surface area contributed by atoms with Crippen molar-refractivity contribution in [2.75, 3.05) is 51.1 Å². The van der Waals surface area contributed by atoms with Crippen LogP contribution in [0.15, 0.2) is 0 Å². The van der Waals surface area contributed by atoms with E-state index in [1.807, 2.05) is 0 Å². The summed E-state index contributed by atoms with van der Waals surface area (Å²) in [5, 5.41) is 42.5. The molecule has 63 heavy (non-hydrogen) atoms. The van der Waals surface area contributed by atoms with Gasteiger partial charge in [0, 0.05) is 64.2 Å². The predicted octanol–water partition coefficient (Wildman–Crippen LogP) is 4.03. The second-order valence-electron chi connectivity index (χ2n) is 19.4. The Morgan fingerprint density at radius 3 is 1.37 bits per heavy atom. The summed E-state index contributed by atoms with van der Waals surface area (Å²) < 4.78 is 10.4. The van der Waals surface area contributed by atoms with Gasteiger partial charge in [-0.15, -0.1) is 0 Å². The second-order valence-corrected chi connectivity index (χ2v) is 20.0. The molecule has 0 aromatic rings. The number of hydrogen-bond donors (Lipinski definition) is 10. The Morgan fingerprint density at radius 1 is 0.619 bits per heavy atom. The van der Waals surface area contributed by atoms with Gasteiger partial charge in [-0.05, 0) is 129 Å². The molecule has 3 aliphatic carbocycles. The van der Waals surface area contributed by atoms with Crippen molar-refractivity contribution >= 4 is 57.7 Å². The first-order chi connectivity index (χ1) is 29.3. The zero-order valence-corrected chi connectivity index (χ0v) is 40.1. The number of alkyl halides is 1. The van der Waals surface area contributed by atoms with E-state index in [1.165, 1.54) is 0 Å². The van der Waals surface area contributed by atoms with Gasteiger partial charge in [0.1, 0.15) is 17.0 Å². The highest BCUT2D eigenvalue weighted by Crippen LogP contribution is 2.40. The summed E-state index contributed by atoms with van der Waals surface area (Å²) in [6.45, 7) is 14.4. The minimum Gasteiger partial charge on any atom is -0.481 e. The maximum Gasteiger partial charge on any atom is 0.407 e. The van der Waals surface area contributed by atoms with E-state index in [4.69, 9.17) is 31.2 Å². The quantitative estimate of drug-likeness (QED) is 0.0646. The monoisotopic (exact) mass is 963 g/mol. The van der Waals surface area contributed by atoms with Gasteiger partial charge in [0.25, 0.3) is 0 Å². The molecule has 0 heterocycles. The van der Waals surface area contributed by atoms with Gasteiger partial charge >= 0.3 is 30.1 Å². The second kappa shape index (κ2) is 27.7. The van der Waals surface area contributed by atoms with Gasteiger partial charge in [-0.3, -0.25) is 24.0 Å². The van der Waals surface area contributed by atoms with E-state index < -0.39 is 52.1 Å². The third-order valence-corrected chi connectivity index (χ3v) is 12.1. The zero-order valence-electron chi connectivity index (χ0n) is 38.5. The molecule has 0 aromatic heterocycles. The molecule has 0 spiro atoms. The van der Waals surface area contributed by atoms with E-state index in [1.54, 1.807) is 41.5 Å². The molecule has 3 saturated carbocycles. The Balaban J connectivity index is 0.000000474. The fourth-order valence-corrected chi connectivity index (χ4v) is 8.33. The number of aliphatic carboxylic acids is 3. The molecule has 3 amide bonds. The van der Waals surface area contributed by atoms with Crippen LogP contribution in [0.2, 0.25) is 0 Å². The van der Waals surface area contributed by atoms with Crippen LogP contribution in [-0.2, 0) is 33.4 Å². The van der Waals surface area contributed by atoms with E-state index in [-0.39, 0.29) is 42.9 Å². The number of carbonyl (C=O) groups excluding carboxylic acids is 4. The molecule has 0 bridgehead atoms. The Morgan fingerprint density at radius 2 is 1.00 bits per heavy atom. The van der Waals surface area contributed by atoms with Gasteiger partial charge in [0.05, 0.1) is 24.6 Å². The molecule has 0 atom stereocenters. The number of ether oxygens (including phenoxy) is 2. The van der Waals surface area contributed by atoms with Crippen LogP contribution in [-0.4, -0.2) is 132 Å². The average Bonchev–Trinajstić information content (AvgIpc) is 3.18. The number of hydrogen-bond acceptors (Lipinski definition) is 13. The van der Waals surface area contributed by atoms with Crippen molar-refractivity contribution in [3.8, 4) is 0 Å². The molecule has 0 aliphatic heterocycles. The van der Waals surface area contributed by atoms with Crippen molar-refractivity contribution in [3.63, 3.8) is 0 Å². The Kier molecular flexibility index (Phi) is 25.2. The van der Waals surface area contributed by atoms with Crippen molar-refractivity contribution in [1.29, 1.82) is 0 Å². The van der Waals surface area contributed by atoms with E-state index >= 15 is 0 Å². The topological polar surface area (TPSA) is 311 Å². The molecule has 0 radical (unpaired) electrons. The fourth-order valence-electron chi connectivity index (χ4n) is 8.14. The molecule has 20 heteroatoms. The Hall–Kier alpha value is -3.59. The molecule has 12 N–H and O–H groups in total. The van der Waals surface area contributed by atoms with Crippen LogP contribution in [0, 0.1) is 16.2 Å². The summed E-state index contributed by atoms with van der Waals surface area (Å²) in [4.78, 5) is 78.9. The number of Topliss-reactive ketones (excluding diaryl/α,β-unsaturated/α-hetero) is 1. The number of carboxylic acid groups (broad SMARTS) is 3. The molecule has 19 nitrogen and oxygen atoms in total. The van der Waals surface area contributed by atoms with E-state index in [0.717, 1.165) is 64.5 Å². The lowest BCUT2D eigenvalue weighted by molar-refractivity contribution is -0.142. The van der Waals surface area contributed by atoms with Gasteiger partial charge in [-0.2, -0.15) is 0 Å². The lowest BCUT2D eigenvalue weighted by Gasteiger charge is -2.39. The largest absolute Gasteiger partial charge is 0.481 e. The van der Waals surface area contributed by atoms with Gasteiger partial charge in [-0.25, -0.2) is 9.59 Å². The van der Waals surface area contributed by atoms with Gasteiger partial charge in [-0.1, -0.05) is 15.9 Å². The minimum absolute atomic E-state index is 0.0148. The summed E-state index contributed by atoms with van der Waals surface area (Å²) in [5.74, 6) is -2.36.